The predicted octanol–water partition coefficient (Wildman–Crippen LogP) is 2.85. The van der Waals surface area contributed by atoms with E-state index in [1.165, 1.54) is 16.7 Å². The van der Waals surface area contributed by atoms with E-state index in [2.05, 4.69) is 11.4 Å². The van der Waals surface area contributed by atoms with Crippen LogP contribution in [0, 0.1) is 0 Å². The van der Waals surface area contributed by atoms with Crippen LogP contribution in [-0.2, 0) is 12.8 Å². The van der Waals surface area contributed by atoms with Crippen molar-refractivity contribution in [2.45, 2.75) is 18.9 Å². The first kappa shape index (κ1) is 15.6. The third kappa shape index (κ3) is 1.96. The maximum absolute atomic E-state index is 5.81. The molecule has 3 aliphatic rings. The smallest absolute Gasteiger partial charge is 0.231 e. The van der Waals surface area contributed by atoms with Gasteiger partial charge in [-0.1, -0.05) is 0 Å². The molecule has 0 spiro atoms. The SMILES string of the molecule is COc1cc2c(cc1OC)-c1c(OC)c3c(c4c1[C@H](C2)NCC4)OCO3. The molecule has 2 heterocycles. The van der Waals surface area contributed by atoms with E-state index in [9.17, 15) is 0 Å². The van der Waals surface area contributed by atoms with Gasteiger partial charge in [-0.25, -0.2) is 0 Å². The van der Waals surface area contributed by atoms with Crippen LogP contribution >= 0.6 is 0 Å². The van der Waals surface area contributed by atoms with Gasteiger partial charge in [0.1, 0.15) is 0 Å². The fourth-order valence-corrected chi connectivity index (χ4v) is 4.47. The number of fused-ring (bicyclic) bond motifs is 4. The molecule has 1 atom stereocenters. The van der Waals surface area contributed by atoms with Crippen molar-refractivity contribution in [3.63, 3.8) is 0 Å². The Morgan fingerprint density at radius 1 is 1.00 bits per heavy atom. The molecule has 0 saturated heterocycles. The van der Waals surface area contributed by atoms with Gasteiger partial charge >= 0.3 is 0 Å². The molecule has 0 unspecified atom stereocenters. The highest BCUT2D eigenvalue weighted by molar-refractivity contribution is 5.87. The second kappa shape index (κ2) is 5.71. The molecule has 0 fully saturated rings. The molecule has 136 valence electrons. The lowest BCUT2D eigenvalue weighted by Gasteiger charge is -2.36. The molecule has 6 nitrogen and oxygen atoms in total. The Labute approximate surface area is 152 Å². The molecule has 5 rings (SSSR count). The summed E-state index contributed by atoms with van der Waals surface area (Å²) in [4.78, 5) is 0. The molecule has 1 aliphatic carbocycles. The highest BCUT2D eigenvalue weighted by Crippen LogP contribution is 2.57. The summed E-state index contributed by atoms with van der Waals surface area (Å²) < 4.78 is 28.4. The van der Waals surface area contributed by atoms with Gasteiger partial charge in [0.05, 0.1) is 21.3 Å². The van der Waals surface area contributed by atoms with Crippen molar-refractivity contribution in [3.05, 3.63) is 28.8 Å². The van der Waals surface area contributed by atoms with E-state index in [4.69, 9.17) is 23.7 Å². The van der Waals surface area contributed by atoms with Gasteiger partial charge in [-0.05, 0) is 48.2 Å². The van der Waals surface area contributed by atoms with E-state index in [-0.39, 0.29) is 12.8 Å². The molecule has 26 heavy (non-hydrogen) atoms. The lowest BCUT2D eigenvalue weighted by Crippen LogP contribution is -2.34. The summed E-state index contributed by atoms with van der Waals surface area (Å²) in [5.74, 6) is 3.74. The second-order valence-electron chi connectivity index (χ2n) is 6.69. The van der Waals surface area contributed by atoms with E-state index in [0.717, 1.165) is 47.8 Å². The van der Waals surface area contributed by atoms with Gasteiger partial charge in [-0.15, -0.1) is 0 Å². The van der Waals surface area contributed by atoms with Crippen LogP contribution in [0.15, 0.2) is 12.1 Å². The van der Waals surface area contributed by atoms with Gasteiger partial charge in [0.15, 0.2) is 23.0 Å². The fourth-order valence-electron chi connectivity index (χ4n) is 4.47. The number of ether oxygens (including phenoxy) is 5. The minimum absolute atomic E-state index is 0.225. The van der Waals surface area contributed by atoms with Gasteiger partial charge in [0.25, 0.3) is 0 Å². The number of hydrogen-bond acceptors (Lipinski definition) is 6. The van der Waals surface area contributed by atoms with Crippen molar-refractivity contribution in [1.29, 1.82) is 0 Å². The Balaban J connectivity index is 1.86. The van der Waals surface area contributed by atoms with E-state index in [1.807, 2.05) is 6.07 Å². The van der Waals surface area contributed by atoms with Crippen LogP contribution in [0.1, 0.15) is 22.7 Å². The quantitative estimate of drug-likeness (QED) is 0.914. The zero-order valence-corrected chi connectivity index (χ0v) is 15.1. The fraction of sp³-hybridized carbons (Fsp3) is 0.400. The Morgan fingerprint density at radius 2 is 1.77 bits per heavy atom. The van der Waals surface area contributed by atoms with Crippen LogP contribution in [0.2, 0.25) is 0 Å². The van der Waals surface area contributed by atoms with Crippen molar-refractivity contribution in [2.24, 2.45) is 0 Å². The number of rotatable bonds is 3. The van der Waals surface area contributed by atoms with Gasteiger partial charge in [0, 0.05) is 17.2 Å². The van der Waals surface area contributed by atoms with E-state index in [0.29, 0.717) is 11.5 Å². The maximum atomic E-state index is 5.81. The molecular formula is C20H21NO5. The van der Waals surface area contributed by atoms with Crippen molar-refractivity contribution >= 4 is 0 Å². The van der Waals surface area contributed by atoms with Gasteiger partial charge < -0.3 is 29.0 Å². The Hall–Kier alpha value is -2.60. The van der Waals surface area contributed by atoms with E-state index < -0.39 is 0 Å². The highest BCUT2D eigenvalue weighted by Gasteiger charge is 2.39. The topological polar surface area (TPSA) is 58.2 Å². The van der Waals surface area contributed by atoms with Crippen molar-refractivity contribution < 1.29 is 23.7 Å². The first-order chi connectivity index (χ1) is 12.8. The number of methoxy groups -OCH3 is 3. The van der Waals surface area contributed by atoms with Crippen LogP contribution in [-0.4, -0.2) is 34.7 Å². The molecule has 2 aromatic carbocycles. The second-order valence-corrected chi connectivity index (χ2v) is 6.69. The molecule has 1 N–H and O–H groups in total. The third-order valence-corrected chi connectivity index (χ3v) is 5.54. The third-order valence-electron chi connectivity index (χ3n) is 5.54. The molecule has 0 radical (unpaired) electrons. The van der Waals surface area contributed by atoms with Gasteiger partial charge in [-0.2, -0.15) is 0 Å². The first-order valence-corrected chi connectivity index (χ1v) is 8.77. The molecule has 6 heteroatoms. The molecule has 2 aliphatic heterocycles. The normalized spacial score (nSPS) is 18.8. The zero-order chi connectivity index (χ0) is 17.8. The lowest BCUT2D eigenvalue weighted by molar-refractivity contribution is 0.170. The highest BCUT2D eigenvalue weighted by atomic mass is 16.7. The Bertz CT molecular complexity index is 908. The minimum atomic E-state index is 0.225. The van der Waals surface area contributed by atoms with Crippen LogP contribution < -0.4 is 29.0 Å². The van der Waals surface area contributed by atoms with Crippen molar-refractivity contribution in [2.75, 3.05) is 34.7 Å². The van der Waals surface area contributed by atoms with Crippen LogP contribution in [0.5, 0.6) is 28.7 Å². The molecule has 0 aromatic heterocycles. The summed E-state index contributed by atoms with van der Waals surface area (Å²) in [6.45, 7) is 1.15. The maximum Gasteiger partial charge on any atom is 0.231 e. The summed E-state index contributed by atoms with van der Waals surface area (Å²) >= 11 is 0. The van der Waals surface area contributed by atoms with Gasteiger partial charge in [0.2, 0.25) is 12.5 Å². The average molecular weight is 355 g/mol. The van der Waals surface area contributed by atoms with E-state index in [1.54, 1.807) is 21.3 Å². The first-order valence-electron chi connectivity index (χ1n) is 8.77. The number of benzene rings is 2. The molecular weight excluding hydrogens is 334 g/mol. The van der Waals surface area contributed by atoms with Crippen LogP contribution in [0.3, 0.4) is 0 Å². The van der Waals surface area contributed by atoms with Gasteiger partial charge in [-0.3, -0.25) is 0 Å². The number of nitrogens with one attached hydrogen (secondary N) is 1. The molecule has 0 saturated carbocycles. The summed E-state index contributed by atoms with van der Waals surface area (Å²) in [6.07, 6.45) is 1.80. The summed E-state index contributed by atoms with van der Waals surface area (Å²) in [6, 6.07) is 4.33. The average Bonchev–Trinajstić information content (AvgIpc) is 3.17. The Kier molecular flexibility index (Phi) is 3.43. The largest absolute Gasteiger partial charge is 0.493 e. The Morgan fingerprint density at radius 3 is 2.54 bits per heavy atom. The molecule has 2 aromatic rings. The summed E-state index contributed by atoms with van der Waals surface area (Å²) in [7, 11) is 5.00. The van der Waals surface area contributed by atoms with Crippen LogP contribution in [0.4, 0.5) is 0 Å². The van der Waals surface area contributed by atoms with Crippen LogP contribution in [0.25, 0.3) is 11.1 Å². The monoisotopic (exact) mass is 355 g/mol. The minimum Gasteiger partial charge on any atom is -0.493 e. The summed E-state index contributed by atoms with van der Waals surface area (Å²) in [5, 5.41) is 3.64. The standard InChI is InChI=1S/C20H21NO5/c1-22-14-7-10-6-13-16-11(4-5-21-13)18-20(26-9-25-18)19(24-3)17(16)12(10)8-15(14)23-2/h7-8,13,21H,4-6,9H2,1-3H3/t13-/m0/s1. The zero-order valence-electron chi connectivity index (χ0n) is 15.1. The summed E-state index contributed by atoms with van der Waals surface area (Å²) in [5.41, 5.74) is 5.88. The van der Waals surface area contributed by atoms with Crippen molar-refractivity contribution in [3.8, 4) is 39.9 Å². The van der Waals surface area contributed by atoms with Crippen molar-refractivity contribution in [1.82, 2.24) is 5.32 Å². The van der Waals surface area contributed by atoms with E-state index >= 15 is 0 Å². The number of hydrogen-bond donors (Lipinski definition) is 1. The lowest BCUT2D eigenvalue weighted by atomic mass is 9.76. The molecule has 0 amide bonds. The molecule has 0 bridgehead atoms. The predicted molar refractivity (Wildman–Crippen MR) is 95.8 cm³/mol.